The summed E-state index contributed by atoms with van der Waals surface area (Å²) < 4.78 is 2.29. The first-order valence-corrected chi connectivity index (χ1v) is 6.52. The van der Waals surface area contributed by atoms with Crippen molar-refractivity contribution >= 4 is 11.6 Å². The smallest absolute Gasteiger partial charge is 0.0951 e. The molecule has 1 saturated carbocycles. The van der Waals surface area contributed by atoms with Crippen LogP contribution in [-0.2, 0) is 5.88 Å². The fraction of sp³-hybridized carbons (Fsp3) is 0.750. The van der Waals surface area contributed by atoms with Crippen molar-refractivity contribution in [3.8, 4) is 0 Å². The third-order valence-electron chi connectivity index (χ3n) is 3.35. The maximum Gasteiger partial charge on any atom is 0.0951 e. The number of hydrogen-bond acceptors (Lipinski definition) is 1. The van der Waals surface area contributed by atoms with Gasteiger partial charge in [0.2, 0.25) is 0 Å². The van der Waals surface area contributed by atoms with Crippen molar-refractivity contribution in [2.45, 2.75) is 56.9 Å². The summed E-state index contributed by atoms with van der Waals surface area (Å²) in [7, 11) is 0. The molecule has 0 N–H and O–H groups in total. The van der Waals surface area contributed by atoms with Gasteiger partial charge in [-0.25, -0.2) is 4.98 Å². The Kier molecular flexibility index (Phi) is 4.07. The monoisotopic (exact) mass is 226 g/mol. The summed E-state index contributed by atoms with van der Waals surface area (Å²) in [4.78, 5) is 4.20. The van der Waals surface area contributed by atoms with E-state index in [1.165, 1.54) is 50.6 Å². The summed E-state index contributed by atoms with van der Waals surface area (Å²) in [5.41, 5.74) is 1.17. The number of halogens is 1. The fourth-order valence-corrected chi connectivity index (χ4v) is 2.68. The van der Waals surface area contributed by atoms with Crippen LogP contribution < -0.4 is 0 Å². The van der Waals surface area contributed by atoms with Crippen LogP contribution in [0.1, 0.15) is 56.7 Å². The van der Waals surface area contributed by atoms with Crippen LogP contribution in [0.2, 0.25) is 0 Å². The van der Waals surface area contributed by atoms with Crippen molar-refractivity contribution in [1.29, 1.82) is 0 Å². The average molecular weight is 227 g/mol. The lowest BCUT2D eigenvalue weighted by molar-refractivity contribution is 0.367. The molecule has 1 aromatic rings. The summed E-state index contributed by atoms with van der Waals surface area (Å²) in [6.45, 7) is 0. The van der Waals surface area contributed by atoms with Gasteiger partial charge in [0.05, 0.1) is 17.9 Å². The first-order valence-electron chi connectivity index (χ1n) is 5.98. The van der Waals surface area contributed by atoms with Gasteiger partial charge in [-0.3, -0.25) is 0 Å². The number of nitrogens with zero attached hydrogens (tertiary/aromatic N) is 2. The standard InChI is InChI=1S/C12H19ClN2/c13-8-12-9-14-10-15(12)11-6-4-2-1-3-5-7-11/h9-11H,1-8H2. The molecule has 2 nitrogen and oxygen atoms in total. The van der Waals surface area contributed by atoms with Gasteiger partial charge in [-0.2, -0.15) is 0 Å². The predicted octanol–water partition coefficient (Wildman–Crippen LogP) is 3.91. The second-order valence-electron chi connectivity index (χ2n) is 4.42. The highest BCUT2D eigenvalue weighted by Gasteiger charge is 2.15. The fourth-order valence-electron chi connectivity index (χ4n) is 2.48. The quantitative estimate of drug-likeness (QED) is 0.700. The molecule has 0 spiro atoms. The minimum Gasteiger partial charge on any atom is -0.330 e. The van der Waals surface area contributed by atoms with Crippen LogP contribution in [0.3, 0.4) is 0 Å². The Labute approximate surface area is 96.7 Å². The van der Waals surface area contributed by atoms with Crippen LogP contribution in [0.15, 0.2) is 12.5 Å². The molecule has 1 heterocycles. The first kappa shape index (κ1) is 11.0. The van der Waals surface area contributed by atoms with Crippen molar-refractivity contribution in [2.24, 2.45) is 0 Å². The van der Waals surface area contributed by atoms with Gasteiger partial charge in [-0.05, 0) is 12.8 Å². The van der Waals surface area contributed by atoms with E-state index in [0.717, 1.165) is 0 Å². The molecule has 0 unspecified atom stereocenters. The van der Waals surface area contributed by atoms with Crippen molar-refractivity contribution < 1.29 is 0 Å². The molecule has 1 fully saturated rings. The van der Waals surface area contributed by atoms with Gasteiger partial charge in [0.25, 0.3) is 0 Å². The third kappa shape index (κ3) is 2.75. The second kappa shape index (κ2) is 5.55. The molecule has 1 aliphatic rings. The Bertz CT molecular complexity index is 288. The van der Waals surface area contributed by atoms with Gasteiger partial charge >= 0.3 is 0 Å². The zero-order valence-corrected chi connectivity index (χ0v) is 9.92. The van der Waals surface area contributed by atoms with E-state index in [-0.39, 0.29) is 0 Å². The summed E-state index contributed by atoms with van der Waals surface area (Å²) in [5.74, 6) is 0.580. The molecule has 1 aromatic heterocycles. The van der Waals surface area contributed by atoms with Crippen molar-refractivity contribution in [2.75, 3.05) is 0 Å². The molecule has 0 aromatic carbocycles. The lowest BCUT2D eigenvalue weighted by Gasteiger charge is -2.22. The van der Waals surface area contributed by atoms with Crippen LogP contribution in [0, 0.1) is 0 Å². The molecule has 84 valence electrons. The molecule has 0 radical (unpaired) electrons. The molecule has 2 rings (SSSR count). The zero-order valence-electron chi connectivity index (χ0n) is 9.16. The molecule has 0 saturated heterocycles. The molecule has 0 bridgehead atoms. The number of imidazole rings is 1. The largest absolute Gasteiger partial charge is 0.330 e. The molecule has 0 atom stereocenters. The van der Waals surface area contributed by atoms with Crippen molar-refractivity contribution in [3.05, 3.63) is 18.2 Å². The SMILES string of the molecule is ClCc1cncn1C1CCCCCCC1. The highest BCUT2D eigenvalue weighted by molar-refractivity contribution is 6.16. The van der Waals surface area contributed by atoms with E-state index in [2.05, 4.69) is 9.55 Å². The number of rotatable bonds is 2. The number of hydrogen-bond donors (Lipinski definition) is 0. The molecule has 15 heavy (non-hydrogen) atoms. The minimum atomic E-state index is 0.580. The van der Waals surface area contributed by atoms with E-state index in [1.54, 1.807) is 0 Å². The molecule has 0 amide bonds. The van der Waals surface area contributed by atoms with Gasteiger partial charge in [0.15, 0.2) is 0 Å². The molecule has 0 aliphatic heterocycles. The number of alkyl halides is 1. The van der Waals surface area contributed by atoms with E-state index in [9.17, 15) is 0 Å². The second-order valence-corrected chi connectivity index (χ2v) is 4.69. The van der Waals surface area contributed by atoms with Gasteiger partial charge < -0.3 is 4.57 Å². The maximum absolute atomic E-state index is 5.90. The highest BCUT2D eigenvalue weighted by Crippen LogP contribution is 2.27. The Morgan fingerprint density at radius 3 is 2.53 bits per heavy atom. The van der Waals surface area contributed by atoms with E-state index in [1.807, 2.05) is 12.5 Å². The lowest BCUT2D eigenvalue weighted by atomic mass is 9.96. The van der Waals surface area contributed by atoms with Crippen LogP contribution >= 0.6 is 11.6 Å². The molecule has 3 heteroatoms. The Morgan fingerprint density at radius 1 is 1.20 bits per heavy atom. The van der Waals surface area contributed by atoms with Crippen LogP contribution in [0.5, 0.6) is 0 Å². The maximum atomic E-state index is 5.90. The Morgan fingerprint density at radius 2 is 1.87 bits per heavy atom. The normalized spacial score (nSPS) is 19.8. The summed E-state index contributed by atoms with van der Waals surface area (Å²) in [5, 5.41) is 0. The third-order valence-corrected chi connectivity index (χ3v) is 3.63. The molecular formula is C12H19ClN2. The number of aromatic nitrogens is 2. The zero-order chi connectivity index (χ0) is 10.5. The van der Waals surface area contributed by atoms with E-state index < -0.39 is 0 Å². The van der Waals surface area contributed by atoms with Gasteiger partial charge in [-0.1, -0.05) is 32.1 Å². The topological polar surface area (TPSA) is 17.8 Å². The minimum absolute atomic E-state index is 0.580. The van der Waals surface area contributed by atoms with Gasteiger partial charge in [-0.15, -0.1) is 11.6 Å². The summed E-state index contributed by atoms with van der Waals surface area (Å²) in [6.07, 6.45) is 13.3. The van der Waals surface area contributed by atoms with E-state index >= 15 is 0 Å². The first-order chi connectivity index (χ1) is 7.42. The highest BCUT2D eigenvalue weighted by atomic mass is 35.5. The van der Waals surface area contributed by atoms with E-state index in [4.69, 9.17) is 11.6 Å². The van der Waals surface area contributed by atoms with Gasteiger partial charge in [0, 0.05) is 12.2 Å². The van der Waals surface area contributed by atoms with Gasteiger partial charge in [0.1, 0.15) is 0 Å². The van der Waals surface area contributed by atoms with E-state index in [0.29, 0.717) is 11.9 Å². The van der Waals surface area contributed by atoms with Crippen LogP contribution in [0.25, 0.3) is 0 Å². The Hall–Kier alpha value is -0.500. The van der Waals surface area contributed by atoms with Crippen LogP contribution in [0.4, 0.5) is 0 Å². The average Bonchev–Trinajstić information content (AvgIpc) is 2.65. The van der Waals surface area contributed by atoms with Crippen molar-refractivity contribution in [3.63, 3.8) is 0 Å². The predicted molar refractivity (Wildman–Crippen MR) is 63.1 cm³/mol. The summed E-state index contributed by atoms with van der Waals surface area (Å²) >= 11 is 5.90. The van der Waals surface area contributed by atoms with Crippen LogP contribution in [-0.4, -0.2) is 9.55 Å². The lowest BCUT2D eigenvalue weighted by Crippen LogP contribution is -2.12. The Balaban J connectivity index is 2.06. The molecular weight excluding hydrogens is 208 g/mol. The van der Waals surface area contributed by atoms with Crippen molar-refractivity contribution in [1.82, 2.24) is 9.55 Å². The molecule has 1 aliphatic carbocycles. The summed E-state index contributed by atoms with van der Waals surface area (Å²) in [6, 6.07) is 0.640.